The van der Waals surface area contributed by atoms with Crippen molar-refractivity contribution >= 4 is 19.5 Å². The predicted molar refractivity (Wildman–Crippen MR) is 135 cm³/mol. The maximum atomic E-state index is 12.5. The smallest absolute Gasteiger partial charge is 0.408 e. The number of unbranched alkanes of at least 4 members (excludes halogenated alkanes) is 1. The van der Waals surface area contributed by atoms with E-state index in [4.69, 9.17) is 9.15 Å². The molecule has 1 amide bonds. The van der Waals surface area contributed by atoms with Crippen molar-refractivity contribution in [3.63, 3.8) is 0 Å². The van der Waals surface area contributed by atoms with Gasteiger partial charge in [0.25, 0.3) is 0 Å². The largest absolute Gasteiger partial charge is 0.458 e. The fourth-order valence-corrected chi connectivity index (χ4v) is 4.42. The first kappa shape index (κ1) is 28.8. The summed E-state index contributed by atoms with van der Waals surface area (Å²) in [5.74, 6) is 0.822. The van der Waals surface area contributed by atoms with Crippen LogP contribution < -0.4 is 5.32 Å². The van der Waals surface area contributed by atoms with E-state index in [0.717, 1.165) is 19.3 Å². The van der Waals surface area contributed by atoms with E-state index in [-0.39, 0.29) is 18.4 Å². The minimum Gasteiger partial charge on any atom is -0.458 e. The van der Waals surface area contributed by atoms with E-state index >= 15 is 0 Å². The number of furan rings is 1. The molecule has 2 rings (SSSR count). The van der Waals surface area contributed by atoms with E-state index in [9.17, 15) is 23.9 Å². The van der Waals surface area contributed by atoms with Gasteiger partial charge in [-0.05, 0) is 77.5 Å². The van der Waals surface area contributed by atoms with Gasteiger partial charge in [-0.15, -0.1) is 0 Å². The first-order valence-electron chi connectivity index (χ1n) is 12.0. The van der Waals surface area contributed by atoms with Crippen LogP contribution in [0.1, 0.15) is 81.7 Å². The number of ketones is 1. The van der Waals surface area contributed by atoms with Crippen molar-refractivity contribution in [2.24, 2.45) is 0 Å². The van der Waals surface area contributed by atoms with Crippen molar-refractivity contribution in [2.45, 2.75) is 83.8 Å². The van der Waals surface area contributed by atoms with E-state index < -0.39 is 24.8 Å². The third-order valence-electron chi connectivity index (χ3n) is 5.58. The van der Waals surface area contributed by atoms with E-state index in [2.05, 4.69) is 17.4 Å². The number of carbonyl (C=O) groups is 2. The van der Waals surface area contributed by atoms with Crippen molar-refractivity contribution in [1.29, 1.82) is 0 Å². The molecule has 0 saturated heterocycles. The minimum atomic E-state index is -4.24. The van der Waals surface area contributed by atoms with Crippen LogP contribution in [0.2, 0.25) is 0 Å². The van der Waals surface area contributed by atoms with E-state index in [0.29, 0.717) is 30.8 Å². The zero-order valence-corrected chi connectivity index (χ0v) is 22.0. The maximum absolute atomic E-state index is 12.5. The van der Waals surface area contributed by atoms with Gasteiger partial charge >= 0.3 is 13.7 Å². The van der Waals surface area contributed by atoms with Crippen molar-refractivity contribution in [3.05, 3.63) is 59.5 Å². The molecular formula is C26H38NO7P. The number of benzene rings is 1. The number of ether oxygens (including phenoxy) is 1. The van der Waals surface area contributed by atoms with Gasteiger partial charge < -0.3 is 24.3 Å². The number of carbonyl (C=O) groups excluding carboxylic acids is 2. The van der Waals surface area contributed by atoms with Crippen LogP contribution in [0.25, 0.3) is 0 Å². The summed E-state index contributed by atoms with van der Waals surface area (Å²) in [5, 5.41) is 2.76. The summed E-state index contributed by atoms with van der Waals surface area (Å²) < 4.78 is 22.5. The number of nitrogens with one attached hydrogen (secondary N) is 1. The number of aryl methyl sites for hydroxylation is 2. The second-order valence-corrected chi connectivity index (χ2v) is 12.0. The van der Waals surface area contributed by atoms with Gasteiger partial charge in [0.1, 0.15) is 11.4 Å². The Morgan fingerprint density at radius 3 is 2.29 bits per heavy atom. The number of hydrogen-bond acceptors (Lipinski definition) is 5. The highest BCUT2D eigenvalue weighted by atomic mass is 31.2. The first-order chi connectivity index (χ1) is 16.2. The zero-order valence-electron chi connectivity index (χ0n) is 21.1. The third kappa shape index (κ3) is 11.7. The van der Waals surface area contributed by atoms with Gasteiger partial charge in [0.15, 0.2) is 11.5 Å². The molecule has 1 aromatic heterocycles. The summed E-state index contributed by atoms with van der Waals surface area (Å²) in [4.78, 5) is 43.5. The van der Waals surface area contributed by atoms with Crippen LogP contribution in [-0.4, -0.2) is 39.0 Å². The molecule has 0 radical (unpaired) electrons. The summed E-state index contributed by atoms with van der Waals surface area (Å²) in [6.45, 7) is 6.93. The first-order valence-corrected chi connectivity index (χ1v) is 13.8. The zero-order chi connectivity index (χ0) is 26.1. The molecule has 0 aliphatic carbocycles. The van der Waals surface area contributed by atoms with Crippen molar-refractivity contribution in [3.8, 4) is 0 Å². The predicted octanol–water partition coefficient (Wildman–Crippen LogP) is 5.66. The molecule has 0 fully saturated rings. The van der Waals surface area contributed by atoms with Gasteiger partial charge in [-0.1, -0.05) is 30.3 Å². The monoisotopic (exact) mass is 507 g/mol. The van der Waals surface area contributed by atoms with Crippen LogP contribution in [0.4, 0.5) is 4.79 Å². The molecule has 0 saturated carbocycles. The van der Waals surface area contributed by atoms with Gasteiger partial charge in [-0.2, -0.15) is 0 Å². The van der Waals surface area contributed by atoms with Crippen LogP contribution in [0.5, 0.6) is 0 Å². The highest BCUT2D eigenvalue weighted by molar-refractivity contribution is 7.51. The Bertz CT molecular complexity index is 1010. The van der Waals surface area contributed by atoms with Gasteiger partial charge in [0.05, 0.1) is 6.16 Å². The Kier molecular flexibility index (Phi) is 10.3. The average Bonchev–Trinajstić information content (AvgIpc) is 3.22. The lowest BCUT2D eigenvalue weighted by molar-refractivity contribution is 0.0454. The molecule has 0 aliphatic rings. The highest BCUT2D eigenvalue weighted by Crippen LogP contribution is 2.37. The molecule has 194 valence electrons. The number of amides is 1. The highest BCUT2D eigenvalue weighted by Gasteiger charge is 2.31. The van der Waals surface area contributed by atoms with E-state index in [1.165, 1.54) is 5.56 Å². The Balaban J connectivity index is 1.90. The quantitative estimate of drug-likeness (QED) is 0.181. The molecule has 3 N–H and O–H groups in total. The van der Waals surface area contributed by atoms with Gasteiger partial charge in [0, 0.05) is 18.4 Å². The van der Waals surface area contributed by atoms with Gasteiger partial charge in [-0.25, -0.2) is 4.79 Å². The van der Waals surface area contributed by atoms with E-state index in [1.54, 1.807) is 39.8 Å². The Hall–Kier alpha value is -2.41. The molecule has 1 atom stereocenters. The number of Topliss-reactive ketones (excluding diaryl/α,β-unsaturated/α-hetero) is 1. The molecule has 9 heteroatoms. The van der Waals surface area contributed by atoms with Crippen LogP contribution in [0.3, 0.4) is 0 Å². The minimum absolute atomic E-state index is 0.0551. The Morgan fingerprint density at radius 1 is 0.971 bits per heavy atom. The third-order valence-corrected chi connectivity index (χ3v) is 6.39. The molecule has 0 aliphatic heterocycles. The molecule has 1 heterocycles. The molecule has 1 aromatic carbocycles. The molecule has 2 aromatic rings. The van der Waals surface area contributed by atoms with E-state index in [1.807, 2.05) is 18.2 Å². The summed E-state index contributed by atoms with van der Waals surface area (Å²) in [6.07, 6.45) is 2.78. The van der Waals surface area contributed by atoms with Crippen molar-refractivity contribution < 1.29 is 33.1 Å². The summed E-state index contributed by atoms with van der Waals surface area (Å²) >= 11 is 0. The van der Waals surface area contributed by atoms with Crippen molar-refractivity contribution in [1.82, 2.24) is 5.32 Å². The van der Waals surface area contributed by atoms with Crippen LogP contribution in [0, 0.1) is 0 Å². The lowest BCUT2D eigenvalue weighted by Crippen LogP contribution is -2.48. The normalized spacial score (nSPS) is 13.8. The maximum Gasteiger partial charge on any atom is 0.408 e. The molecule has 0 spiro atoms. The van der Waals surface area contributed by atoms with Crippen molar-refractivity contribution in [2.75, 3.05) is 6.16 Å². The molecule has 35 heavy (non-hydrogen) atoms. The molecule has 0 unspecified atom stereocenters. The standard InChI is InChI=1S/C26H38NO7P/c1-25(2,3)34-24(29)27-26(4,18-19-35(30,31)32)17-16-21-14-15-23(33-21)22(28)13-9-8-12-20-10-6-5-7-11-20/h5-7,10-11,14-15H,8-9,12-13,16-19H2,1-4H3,(H,27,29)(H2,30,31,32)/t26-/m0/s1. The van der Waals surface area contributed by atoms with Crippen LogP contribution >= 0.6 is 7.60 Å². The average molecular weight is 508 g/mol. The molecule has 8 nitrogen and oxygen atoms in total. The lowest BCUT2D eigenvalue weighted by Gasteiger charge is -2.32. The van der Waals surface area contributed by atoms with Crippen LogP contribution in [-0.2, 0) is 22.1 Å². The summed E-state index contributed by atoms with van der Waals surface area (Å²) in [6, 6.07) is 13.5. The number of alkyl carbamates (subject to hydrolysis) is 1. The Morgan fingerprint density at radius 2 is 1.66 bits per heavy atom. The second kappa shape index (κ2) is 12.5. The second-order valence-electron chi connectivity index (χ2n) is 10.2. The number of rotatable bonds is 13. The fraction of sp³-hybridized carbons (Fsp3) is 0.538. The Labute approximate surface area is 207 Å². The molecular weight excluding hydrogens is 469 g/mol. The number of hydrogen-bond donors (Lipinski definition) is 3. The van der Waals surface area contributed by atoms with Gasteiger partial charge in [-0.3, -0.25) is 9.36 Å². The SMILES string of the molecule is CC(C)(C)OC(=O)N[C@@](C)(CCc1ccc(C(=O)CCCCc2ccccc2)o1)CCP(=O)(O)O. The summed E-state index contributed by atoms with van der Waals surface area (Å²) in [7, 11) is -4.24. The summed E-state index contributed by atoms with van der Waals surface area (Å²) in [5.41, 5.74) is -0.384. The fourth-order valence-electron chi connectivity index (χ4n) is 3.64. The lowest BCUT2D eigenvalue weighted by atomic mass is 9.92. The topological polar surface area (TPSA) is 126 Å². The molecule has 0 bridgehead atoms. The van der Waals surface area contributed by atoms with Gasteiger partial charge in [0.2, 0.25) is 0 Å². The van der Waals surface area contributed by atoms with Crippen LogP contribution in [0.15, 0.2) is 46.9 Å².